The van der Waals surface area contributed by atoms with Gasteiger partial charge in [-0.2, -0.15) is 0 Å². The maximum absolute atomic E-state index is 11.4. The molecule has 124 valence electrons. The van der Waals surface area contributed by atoms with Crippen LogP contribution in [0, 0.1) is 0 Å². The van der Waals surface area contributed by atoms with Gasteiger partial charge in [0.05, 0.1) is 6.10 Å². The molecule has 0 heterocycles. The van der Waals surface area contributed by atoms with Gasteiger partial charge >= 0.3 is 6.09 Å². The second-order valence-corrected chi connectivity index (χ2v) is 6.37. The number of halogens is 1. The van der Waals surface area contributed by atoms with E-state index >= 15 is 0 Å². The van der Waals surface area contributed by atoms with Gasteiger partial charge in [0.15, 0.2) is 0 Å². The van der Waals surface area contributed by atoms with Crippen molar-refractivity contribution in [2.24, 2.45) is 0 Å². The van der Waals surface area contributed by atoms with E-state index < -0.39 is 23.9 Å². The number of aliphatic hydroxyl groups is 2. The number of amides is 1. The summed E-state index contributed by atoms with van der Waals surface area (Å²) in [6.45, 7) is 5.35. The number of phenolic OH excluding ortho intramolecular Hbond substituents is 1. The monoisotopic (exact) mass is 331 g/mol. The minimum absolute atomic E-state index is 0.0896. The lowest BCUT2D eigenvalue weighted by molar-refractivity contribution is 0.0111. The fourth-order valence-corrected chi connectivity index (χ4v) is 1.94. The predicted octanol–water partition coefficient (Wildman–Crippen LogP) is 2.35. The Kier molecular flexibility index (Phi) is 6.47. The first-order valence-corrected chi connectivity index (χ1v) is 7.29. The summed E-state index contributed by atoms with van der Waals surface area (Å²) in [4.78, 5) is 11.4. The standard InChI is InChI=1S/C15H22ClNO5/c1-15(2,3)22-14(21)17-7-6-12(19)13(20)10-8-9(16)4-5-11(10)18/h4-5,8,12-13,18-20H,6-7H2,1-3H3,(H,17,21). The third kappa shape index (κ3) is 6.09. The molecule has 7 heteroatoms. The van der Waals surface area contributed by atoms with Crippen molar-refractivity contribution in [1.82, 2.24) is 5.32 Å². The largest absolute Gasteiger partial charge is 0.508 e. The fraction of sp³-hybridized carbons (Fsp3) is 0.533. The van der Waals surface area contributed by atoms with Gasteiger partial charge in [-0.15, -0.1) is 0 Å². The Balaban J connectivity index is 2.50. The molecule has 22 heavy (non-hydrogen) atoms. The van der Waals surface area contributed by atoms with Gasteiger partial charge in [-0.25, -0.2) is 4.79 Å². The van der Waals surface area contributed by atoms with Crippen molar-refractivity contribution in [3.63, 3.8) is 0 Å². The number of hydrogen-bond acceptors (Lipinski definition) is 5. The minimum Gasteiger partial charge on any atom is -0.508 e. The molecule has 2 atom stereocenters. The smallest absolute Gasteiger partial charge is 0.407 e. The first-order valence-electron chi connectivity index (χ1n) is 6.91. The Hall–Kier alpha value is -1.50. The Morgan fingerprint density at radius 3 is 2.59 bits per heavy atom. The molecule has 0 saturated carbocycles. The number of aliphatic hydroxyl groups excluding tert-OH is 2. The summed E-state index contributed by atoms with van der Waals surface area (Å²) < 4.78 is 5.05. The van der Waals surface area contributed by atoms with E-state index in [-0.39, 0.29) is 24.3 Å². The van der Waals surface area contributed by atoms with Crippen LogP contribution in [0.2, 0.25) is 5.02 Å². The summed E-state index contributed by atoms with van der Waals surface area (Å²) in [5.74, 6) is -0.156. The molecule has 1 aromatic rings. The van der Waals surface area contributed by atoms with Crippen LogP contribution in [0.3, 0.4) is 0 Å². The topological polar surface area (TPSA) is 99.0 Å². The number of hydrogen-bond donors (Lipinski definition) is 4. The molecule has 0 bridgehead atoms. The maximum atomic E-state index is 11.4. The number of carbonyl (C=O) groups excluding carboxylic acids is 1. The van der Waals surface area contributed by atoms with Crippen LogP contribution in [0.25, 0.3) is 0 Å². The second kappa shape index (κ2) is 7.67. The number of alkyl carbamates (subject to hydrolysis) is 1. The molecule has 1 amide bonds. The molecule has 4 N–H and O–H groups in total. The highest BCUT2D eigenvalue weighted by Gasteiger charge is 2.22. The first-order chi connectivity index (χ1) is 10.1. The van der Waals surface area contributed by atoms with Crippen LogP contribution in [0.5, 0.6) is 5.75 Å². The summed E-state index contributed by atoms with van der Waals surface area (Å²) in [6.07, 6.45) is -2.98. The first kappa shape index (κ1) is 18.5. The molecule has 0 aromatic heterocycles. The third-order valence-corrected chi connectivity index (χ3v) is 3.02. The van der Waals surface area contributed by atoms with Gasteiger partial charge in [-0.05, 0) is 45.4 Å². The molecular weight excluding hydrogens is 310 g/mol. The number of ether oxygens (including phenoxy) is 1. The van der Waals surface area contributed by atoms with Crippen LogP contribution in [-0.4, -0.2) is 39.7 Å². The summed E-state index contributed by atoms with van der Waals surface area (Å²) in [7, 11) is 0. The number of carbonyl (C=O) groups is 1. The van der Waals surface area contributed by atoms with Crippen molar-refractivity contribution in [2.45, 2.75) is 45.0 Å². The number of aromatic hydroxyl groups is 1. The molecule has 0 aliphatic heterocycles. The third-order valence-electron chi connectivity index (χ3n) is 2.78. The molecule has 0 aliphatic rings. The molecule has 0 radical (unpaired) electrons. The van der Waals surface area contributed by atoms with Gasteiger partial charge in [0.2, 0.25) is 0 Å². The highest BCUT2D eigenvalue weighted by atomic mass is 35.5. The van der Waals surface area contributed by atoms with Crippen molar-refractivity contribution < 1.29 is 24.9 Å². The average Bonchev–Trinajstić information content (AvgIpc) is 2.38. The zero-order valence-corrected chi connectivity index (χ0v) is 13.6. The second-order valence-electron chi connectivity index (χ2n) is 5.93. The molecule has 0 fully saturated rings. The predicted molar refractivity (Wildman–Crippen MR) is 82.9 cm³/mol. The van der Waals surface area contributed by atoms with Crippen molar-refractivity contribution in [3.05, 3.63) is 28.8 Å². The van der Waals surface area contributed by atoms with E-state index in [9.17, 15) is 20.1 Å². The van der Waals surface area contributed by atoms with Crippen molar-refractivity contribution in [3.8, 4) is 5.75 Å². The van der Waals surface area contributed by atoms with E-state index in [1.165, 1.54) is 18.2 Å². The van der Waals surface area contributed by atoms with Crippen LogP contribution >= 0.6 is 11.6 Å². The lowest BCUT2D eigenvalue weighted by atomic mass is 10.0. The highest BCUT2D eigenvalue weighted by Crippen LogP contribution is 2.29. The number of nitrogens with one attached hydrogen (secondary N) is 1. The van der Waals surface area contributed by atoms with Gasteiger partial charge in [0, 0.05) is 17.1 Å². The van der Waals surface area contributed by atoms with Gasteiger partial charge in [-0.1, -0.05) is 11.6 Å². The van der Waals surface area contributed by atoms with Crippen molar-refractivity contribution in [1.29, 1.82) is 0 Å². The van der Waals surface area contributed by atoms with E-state index in [2.05, 4.69) is 5.32 Å². The summed E-state index contributed by atoms with van der Waals surface area (Å²) in [6, 6.07) is 4.20. The van der Waals surface area contributed by atoms with E-state index in [0.29, 0.717) is 5.02 Å². The molecule has 2 unspecified atom stereocenters. The van der Waals surface area contributed by atoms with E-state index in [0.717, 1.165) is 0 Å². The number of phenols is 1. The Morgan fingerprint density at radius 1 is 1.36 bits per heavy atom. The molecule has 6 nitrogen and oxygen atoms in total. The van der Waals surface area contributed by atoms with Gasteiger partial charge in [0.25, 0.3) is 0 Å². The van der Waals surface area contributed by atoms with E-state index in [1.54, 1.807) is 20.8 Å². The van der Waals surface area contributed by atoms with Crippen LogP contribution in [0.1, 0.15) is 38.9 Å². The Bertz CT molecular complexity index is 515. The molecule has 0 spiro atoms. The van der Waals surface area contributed by atoms with Gasteiger partial charge in [-0.3, -0.25) is 0 Å². The lowest BCUT2D eigenvalue weighted by Gasteiger charge is -2.21. The minimum atomic E-state index is -1.31. The van der Waals surface area contributed by atoms with Crippen molar-refractivity contribution >= 4 is 17.7 Å². The number of rotatable bonds is 5. The quantitative estimate of drug-likeness (QED) is 0.664. The fourth-order valence-electron chi connectivity index (χ4n) is 1.76. The summed E-state index contributed by atoms with van der Waals surface area (Å²) in [5, 5.41) is 32.5. The van der Waals surface area contributed by atoms with E-state index in [1.807, 2.05) is 0 Å². The van der Waals surface area contributed by atoms with Crippen LogP contribution in [0.4, 0.5) is 4.79 Å². The Morgan fingerprint density at radius 2 is 2.00 bits per heavy atom. The van der Waals surface area contributed by atoms with Crippen LogP contribution in [0.15, 0.2) is 18.2 Å². The summed E-state index contributed by atoms with van der Waals surface area (Å²) in [5.41, 5.74) is -0.466. The van der Waals surface area contributed by atoms with Gasteiger partial charge in [0.1, 0.15) is 17.5 Å². The molecular formula is C15H22ClNO5. The molecule has 1 aromatic carbocycles. The number of benzene rings is 1. The molecule has 0 aliphatic carbocycles. The van der Waals surface area contributed by atoms with E-state index in [4.69, 9.17) is 16.3 Å². The Labute approximate surface area is 134 Å². The molecule has 0 saturated heterocycles. The SMILES string of the molecule is CC(C)(C)OC(=O)NCCC(O)C(O)c1cc(Cl)ccc1O. The van der Waals surface area contributed by atoms with Crippen LogP contribution in [-0.2, 0) is 4.74 Å². The zero-order valence-electron chi connectivity index (χ0n) is 12.8. The summed E-state index contributed by atoms with van der Waals surface area (Å²) >= 11 is 5.80. The van der Waals surface area contributed by atoms with Crippen molar-refractivity contribution in [2.75, 3.05) is 6.54 Å². The maximum Gasteiger partial charge on any atom is 0.407 e. The normalized spacial score (nSPS) is 14.3. The average molecular weight is 332 g/mol. The van der Waals surface area contributed by atoms with Crippen LogP contribution < -0.4 is 5.32 Å². The molecule has 1 rings (SSSR count). The zero-order chi connectivity index (χ0) is 16.9. The lowest BCUT2D eigenvalue weighted by Crippen LogP contribution is -2.34. The van der Waals surface area contributed by atoms with Gasteiger partial charge < -0.3 is 25.4 Å². The highest BCUT2D eigenvalue weighted by molar-refractivity contribution is 6.30.